The zero-order valence-electron chi connectivity index (χ0n) is 9.81. The van der Waals surface area contributed by atoms with Gasteiger partial charge < -0.3 is 9.73 Å². The van der Waals surface area contributed by atoms with E-state index in [0.29, 0.717) is 0 Å². The first-order valence-corrected chi connectivity index (χ1v) is 6.08. The predicted molar refractivity (Wildman–Crippen MR) is 61.9 cm³/mol. The molecule has 0 amide bonds. The number of hydrogen-bond donors (Lipinski definition) is 1. The molecule has 1 aromatic heterocycles. The molecule has 2 nitrogen and oxygen atoms in total. The minimum atomic E-state index is 0.0756. The van der Waals surface area contributed by atoms with Crippen molar-refractivity contribution in [2.75, 3.05) is 6.54 Å². The van der Waals surface area contributed by atoms with Crippen molar-refractivity contribution in [2.24, 2.45) is 0 Å². The van der Waals surface area contributed by atoms with Crippen molar-refractivity contribution in [2.45, 2.75) is 51.5 Å². The third-order valence-electron chi connectivity index (χ3n) is 3.44. The third-order valence-corrected chi connectivity index (χ3v) is 3.44. The topological polar surface area (TPSA) is 25.2 Å². The normalized spacial score (nSPS) is 25.2. The van der Waals surface area contributed by atoms with E-state index >= 15 is 0 Å². The highest BCUT2D eigenvalue weighted by Gasteiger charge is 2.33. The second-order valence-corrected chi connectivity index (χ2v) is 4.74. The van der Waals surface area contributed by atoms with Crippen molar-refractivity contribution >= 4 is 0 Å². The number of furan rings is 1. The molecule has 0 saturated carbocycles. The first-order chi connectivity index (χ1) is 7.26. The van der Waals surface area contributed by atoms with E-state index in [1.807, 2.05) is 6.26 Å². The van der Waals surface area contributed by atoms with Gasteiger partial charge in [-0.1, -0.05) is 26.2 Å². The quantitative estimate of drug-likeness (QED) is 0.767. The Hall–Kier alpha value is -0.760. The van der Waals surface area contributed by atoms with Crippen molar-refractivity contribution in [3.05, 3.63) is 23.7 Å². The van der Waals surface area contributed by atoms with E-state index in [2.05, 4.69) is 25.2 Å². The number of unbranched alkanes of at least 4 members (excludes halogenated alkanes) is 2. The Morgan fingerprint density at radius 3 is 3.13 bits per heavy atom. The molecule has 1 aromatic rings. The van der Waals surface area contributed by atoms with E-state index in [1.54, 1.807) is 0 Å². The highest BCUT2D eigenvalue weighted by atomic mass is 16.3. The van der Waals surface area contributed by atoms with Crippen LogP contribution < -0.4 is 5.32 Å². The van der Waals surface area contributed by atoms with Crippen LogP contribution in [0.15, 0.2) is 16.7 Å². The summed E-state index contributed by atoms with van der Waals surface area (Å²) in [6.07, 6.45) is 7.99. The summed E-state index contributed by atoms with van der Waals surface area (Å²) in [7, 11) is 0. The van der Waals surface area contributed by atoms with Crippen molar-refractivity contribution in [3.63, 3.8) is 0 Å². The van der Waals surface area contributed by atoms with Crippen LogP contribution in [0.4, 0.5) is 0 Å². The van der Waals surface area contributed by atoms with E-state index in [1.165, 1.54) is 37.0 Å². The molecule has 2 heterocycles. The molecule has 0 bridgehead atoms. The van der Waals surface area contributed by atoms with Crippen LogP contribution in [0.1, 0.15) is 50.9 Å². The zero-order valence-corrected chi connectivity index (χ0v) is 9.81. The molecular weight excluding hydrogens is 186 g/mol. The van der Waals surface area contributed by atoms with Crippen molar-refractivity contribution in [3.8, 4) is 0 Å². The first-order valence-electron chi connectivity index (χ1n) is 6.08. The fourth-order valence-electron chi connectivity index (χ4n) is 2.50. The van der Waals surface area contributed by atoms with Gasteiger partial charge in [0.25, 0.3) is 0 Å². The number of hydrogen-bond acceptors (Lipinski definition) is 2. The summed E-state index contributed by atoms with van der Waals surface area (Å²) in [6.45, 7) is 5.59. The summed E-state index contributed by atoms with van der Waals surface area (Å²) in [4.78, 5) is 0. The molecule has 0 spiro atoms. The van der Waals surface area contributed by atoms with Crippen LogP contribution in [0.5, 0.6) is 0 Å². The van der Waals surface area contributed by atoms with Gasteiger partial charge in [0.2, 0.25) is 0 Å². The Kier molecular flexibility index (Phi) is 3.15. The SMILES string of the molecule is CCCCCC1(C)NCCc2ccoc21. The standard InChI is InChI=1S/C13H21NO/c1-3-4-5-8-13(2)12-11(6-9-14-13)7-10-15-12/h7,10,14H,3-6,8-9H2,1-2H3. The van der Waals surface area contributed by atoms with Gasteiger partial charge in [0.15, 0.2) is 0 Å². The third kappa shape index (κ3) is 2.10. The van der Waals surface area contributed by atoms with Gasteiger partial charge in [0.05, 0.1) is 11.8 Å². The summed E-state index contributed by atoms with van der Waals surface area (Å²) in [5.74, 6) is 1.17. The predicted octanol–water partition coefficient (Wildman–Crippen LogP) is 3.22. The van der Waals surface area contributed by atoms with Crippen LogP contribution in [-0.4, -0.2) is 6.54 Å². The van der Waals surface area contributed by atoms with Gasteiger partial charge in [-0.15, -0.1) is 0 Å². The average molecular weight is 207 g/mol. The average Bonchev–Trinajstić information content (AvgIpc) is 2.68. The minimum Gasteiger partial charge on any atom is -0.467 e. The number of nitrogens with one attached hydrogen (secondary N) is 1. The van der Waals surface area contributed by atoms with Crippen LogP contribution in [0.25, 0.3) is 0 Å². The van der Waals surface area contributed by atoms with Gasteiger partial charge in [-0.3, -0.25) is 0 Å². The summed E-state index contributed by atoms with van der Waals surface area (Å²) in [5, 5.41) is 3.60. The molecule has 0 radical (unpaired) electrons. The van der Waals surface area contributed by atoms with Gasteiger partial charge in [-0.2, -0.15) is 0 Å². The molecule has 0 fully saturated rings. The van der Waals surface area contributed by atoms with Gasteiger partial charge in [-0.05, 0) is 31.4 Å². The van der Waals surface area contributed by atoms with Crippen LogP contribution in [-0.2, 0) is 12.0 Å². The van der Waals surface area contributed by atoms with E-state index in [0.717, 1.165) is 13.0 Å². The van der Waals surface area contributed by atoms with E-state index in [9.17, 15) is 0 Å². The highest BCUT2D eigenvalue weighted by molar-refractivity contribution is 5.27. The maximum atomic E-state index is 5.64. The number of fused-ring (bicyclic) bond motifs is 1. The maximum Gasteiger partial charge on any atom is 0.126 e. The zero-order chi connectivity index (χ0) is 10.7. The second kappa shape index (κ2) is 4.40. The van der Waals surface area contributed by atoms with E-state index in [-0.39, 0.29) is 5.54 Å². The van der Waals surface area contributed by atoms with E-state index < -0.39 is 0 Å². The lowest BCUT2D eigenvalue weighted by atomic mass is 9.86. The first kappa shape index (κ1) is 10.7. The molecule has 0 aromatic carbocycles. The Bertz CT molecular complexity index is 318. The highest BCUT2D eigenvalue weighted by Crippen LogP contribution is 2.33. The second-order valence-electron chi connectivity index (χ2n) is 4.74. The van der Waals surface area contributed by atoms with Crippen molar-refractivity contribution < 1.29 is 4.42 Å². The lowest BCUT2D eigenvalue weighted by Crippen LogP contribution is -2.44. The maximum absolute atomic E-state index is 5.64. The molecule has 84 valence electrons. The number of rotatable bonds is 4. The Morgan fingerprint density at radius 1 is 1.47 bits per heavy atom. The summed E-state index contributed by atoms with van der Waals surface area (Å²) in [6, 6.07) is 2.12. The fourth-order valence-corrected chi connectivity index (χ4v) is 2.50. The lowest BCUT2D eigenvalue weighted by Gasteiger charge is -2.33. The van der Waals surface area contributed by atoms with Gasteiger partial charge >= 0.3 is 0 Å². The summed E-state index contributed by atoms with van der Waals surface area (Å²) >= 11 is 0. The van der Waals surface area contributed by atoms with E-state index in [4.69, 9.17) is 4.42 Å². The van der Waals surface area contributed by atoms with Crippen LogP contribution in [0.3, 0.4) is 0 Å². The van der Waals surface area contributed by atoms with Gasteiger partial charge in [-0.25, -0.2) is 0 Å². The molecule has 1 aliphatic rings. The van der Waals surface area contributed by atoms with Gasteiger partial charge in [0, 0.05) is 6.54 Å². The minimum absolute atomic E-state index is 0.0756. The largest absolute Gasteiger partial charge is 0.467 e. The fraction of sp³-hybridized carbons (Fsp3) is 0.692. The molecule has 1 aliphatic heterocycles. The Morgan fingerprint density at radius 2 is 2.33 bits per heavy atom. The molecule has 15 heavy (non-hydrogen) atoms. The Balaban J connectivity index is 2.09. The van der Waals surface area contributed by atoms with Crippen LogP contribution >= 0.6 is 0 Å². The molecule has 1 unspecified atom stereocenters. The lowest BCUT2D eigenvalue weighted by molar-refractivity contribution is 0.252. The van der Waals surface area contributed by atoms with Crippen molar-refractivity contribution in [1.82, 2.24) is 5.32 Å². The van der Waals surface area contributed by atoms with Gasteiger partial charge in [0.1, 0.15) is 5.76 Å². The van der Waals surface area contributed by atoms with Crippen LogP contribution in [0, 0.1) is 0 Å². The van der Waals surface area contributed by atoms with Crippen LogP contribution in [0.2, 0.25) is 0 Å². The smallest absolute Gasteiger partial charge is 0.126 e. The summed E-state index contributed by atoms with van der Waals surface area (Å²) in [5.41, 5.74) is 1.47. The monoisotopic (exact) mass is 207 g/mol. The molecule has 1 atom stereocenters. The summed E-state index contributed by atoms with van der Waals surface area (Å²) < 4.78 is 5.64. The molecule has 0 saturated heterocycles. The molecule has 2 heteroatoms. The Labute approximate surface area is 92.1 Å². The molecule has 2 rings (SSSR count). The molecular formula is C13H21NO. The van der Waals surface area contributed by atoms with Crippen molar-refractivity contribution in [1.29, 1.82) is 0 Å². The molecule has 1 N–H and O–H groups in total. The molecule has 0 aliphatic carbocycles.